The Balaban J connectivity index is 2.96. The molecule has 0 aliphatic carbocycles. The molecule has 0 radical (unpaired) electrons. The zero-order valence-corrected chi connectivity index (χ0v) is 8.16. The predicted molar refractivity (Wildman–Crippen MR) is 54.5 cm³/mol. The molecule has 1 aromatic rings. The maximum atomic E-state index is 10.8. The molecule has 0 spiro atoms. The average Bonchev–Trinajstić information content (AvgIpc) is 2.25. The number of nitroso groups, excluding NO2 is 1. The van der Waals surface area contributed by atoms with Gasteiger partial charge in [-0.2, -0.15) is 0 Å². The van der Waals surface area contributed by atoms with Crippen molar-refractivity contribution in [2.24, 2.45) is 5.18 Å². The Hall–Kier alpha value is -2.24. The lowest BCUT2D eigenvalue weighted by Gasteiger charge is -2.09. The Bertz CT molecular complexity index is 412. The van der Waals surface area contributed by atoms with E-state index in [1.807, 2.05) is 0 Å². The molecule has 0 aromatic heterocycles. The predicted octanol–water partition coefficient (Wildman–Crippen LogP) is 1.73. The lowest BCUT2D eigenvalue weighted by molar-refractivity contribution is -0.145. The van der Waals surface area contributed by atoms with Crippen LogP contribution in [0.4, 0.5) is 5.69 Å². The van der Waals surface area contributed by atoms with Crippen molar-refractivity contribution < 1.29 is 19.8 Å². The number of hydrogen-bond acceptors (Lipinski definition) is 4. The van der Waals surface area contributed by atoms with E-state index in [-0.39, 0.29) is 5.69 Å². The molecule has 0 fully saturated rings. The molecule has 6 nitrogen and oxygen atoms in total. The smallest absolute Gasteiger partial charge is 0.311 e. The van der Waals surface area contributed by atoms with Crippen LogP contribution in [0.5, 0.6) is 0 Å². The third-order valence-electron chi connectivity index (χ3n) is 2.08. The second kappa shape index (κ2) is 5.01. The van der Waals surface area contributed by atoms with Crippen LogP contribution in [0.15, 0.2) is 29.4 Å². The molecule has 1 aromatic carbocycles. The summed E-state index contributed by atoms with van der Waals surface area (Å²) in [4.78, 5) is 31.5. The van der Waals surface area contributed by atoms with E-state index in [1.54, 1.807) is 0 Å². The third kappa shape index (κ3) is 2.88. The summed E-state index contributed by atoms with van der Waals surface area (Å²) in [7, 11) is 0. The summed E-state index contributed by atoms with van der Waals surface area (Å²) in [6, 6.07) is 5.47. The highest BCUT2D eigenvalue weighted by Crippen LogP contribution is 2.22. The number of aliphatic carboxylic acids is 2. The van der Waals surface area contributed by atoms with E-state index in [4.69, 9.17) is 10.2 Å². The number of carboxylic acid groups (broad SMARTS) is 2. The van der Waals surface area contributed by atoms with Gasteiger partial charge in [0, 0.05) is 0 Å². The van der Waals surface area contributed by atoms with Crippen LogP contribution in [0, 0.1) is 4.91 Å². The summed E-state index contributed by atoms with van der Waals surface area (Å²) >= 11 is 0. The van der Waals surface area contributed by atoms with Crippen molar-refractivity contribution in [3.8, 4) is 0 Å². The van der Waals surface area contributed by atoms with E-state index in [0.717, 1.165) is 0 Å². The normalized spacial score (nSPS) is 11.8. The molecule has 1 rings (SSSR count). The molecule has 16 heavy (non-hydrogen) atoms. The van der Waals surface area contributed by atoms with E-state index in [1.165, 1.54) is 24.3 Å². The van der Waals surface area contributed by atoms with Gasteiger partial charge in [0.05, 0.1) is 12.3 Å². The fourth-order valence-electron chi connectivity index (χ4n) is 1.29. The number of carbonyl (C=O) groups is 2. The molecule has 2 N–H and O–H groups in total. The summed E-state index contributed by atoms with van der Waals surface area (Å²) in [6.45, 7) is 0. The molecule has 0 bridgehead atoms. The Morgan fingerprint density at radius 1 is 1.19 bits per heavy atom. The van der Waals surface area contributed by atoms with Crippen LogP contribution in [0.3, 0.4) is 0 Å². The SMILES string of the molecule is O=Nc1ccc(C(CC(=O)O)C(=O)O)cc1. The molecular weight excluding hydrogens is 214 g/mol. The highest BCUT2D eigenvalue weighted by Gasteiger charge is 2.22. The minimum absolute atomic E-state index is 0.170. The summed E-state index contributed by atoms with van der Waals surface area (Å²) in [5.74, 6) is -3.52. The lowest BCUT2D eigenvalue weighted by Crippen LogP contribution is -2.15. The van der Waals surface area contributed by atoms with Crippen LogP contribution in [0.1, 0.15) is 17.9 Å². The molecule has 0 aliphatic heterocycles. The van der Waals surface area contributed by atoms with E-state index >= 15 is 0 Å². The summed E-state index contributed by atoms with van der Waals surface area (Å²) in [6.07, 6.45) is -0.497. The Kier molecular flexibility index (Phi) is 3.71. The average molecular weight is 223 g/mol. The molecule has 0 saturated heterocycles. The van der Waals surface area contributed by atoms with Gasteiger partial charge in [-0.1, -0.05) is 12.1 Å². The molecular formula is C10H9NO5. The van der Waals surface area contributed by atoms with Crippen molar-refractivity contribution in [3.63, 3.8) is 0 Å². The van der Waals surface area contributed by atoms with E-state index in [0.29, 0.717) is 5.56 Å². The van der Waals surface area contributed by atoms with Gasteiger partial charge >= 0.3 is 11.9 Å². The van der Waals surface area contributed by atoms with Crippen LogP contribution in [-0.2, 0) is 9.59 Å². The highest BCUT2D eigenvalue weighted by atomic mass is 16.4. The van der Waals surface area contributed by atoms with Gasteiger partial charge in [-0.25, -0.2) is 0 Å². The van der Waals surface area contributed by atoms with Crippen LogP contribution in [0.2, 0.25) is 0 Å². The summed E-state index contributed by atoms with van der Waals surface area (Å²) < 4.78 is 0. The van der Waals surface area contributed by atoms with Gasteiger partial charge in [0.15, 0.2) is 0 Å². The Morgan fingerprint density at radius 2 is 1.75 bits per heavy atom. The van der Waals surface area contributed by atoms with E-state index in [2.05, 4.69) is 5.18 Å². The number of hydrogen-bond donors (Lipinski definition) is 2. The van der Waals surface area contributed by atoms with Gasteiger partial charge in [-0.05, 0) is 22.9 Å². The molecule has 0 saturated carbocycles. The van der Waals surface area contributed by atoms with Gasteiger partial charge in [0.1, 0.15) is 5.69 Å². The monoisotopic (exact) mass is 223 g/mol. The Morgan fingerprint density at radius 3 is 2.12 bits per heavy atom. The molecule has 84 valence electrons. The second-order valence-electron chi connectivity index (χ2n) is 3.17. The zero-order chi connectivity index (χ0) is 12.1. The first-order chi connectivity index (χ1) is 7.54. The first-order valence-corrected chi connectivity index (χ1v) is 4.42. The van der Waals surface area contributed by atoms with Crippen molar-refractivity contribution in [1.82, 2.24) is 0 Å². The zero-order valence-electron chi connectivity index (χ0n) is 8.16. The minimum atomic E-state index is -1.21. The van der Waals surface area contributed by atoms with Crippen LogP contribution in [0.25, 0.3) is 0 Å². The molecule has 6 heteroatoms. The quantitative estimate of drug-likeness (QED) is 0.739. The largest absolute Gasteiger partial charge is 0.481 e. The van der Waals surface area contributed by atoms with Crippen LogP contribution < -0.4 is 0 Å². The van der Waals surface area contributed by atoms with Gasteiger partial charge in [-0.3, -0.25) is 9.59 Å². The molecule has 1 atom stereocenters. The number of carboxylic acids is 2. The standard InChI is InChI=1S/C10H9NO5/c12-9(13)5-8(10(14)15)6-1-3-7(11-16)4-2-6/h1-4,8H,5H2,(H,12,13)(H,14,15). The molecule has 0 heterocycles. The Labute approximate surface area is 90.5 Å². The van der Waals surface area contributed by atoms with E-state index < -0.39 is 24.3 Å². The van der Waals surface area contributed by atoms with Gasteiger partial charge in [0.2, 0.25) is 0 Å². The van der Waals surface area contributed by atoms with Gasteiger partial charge in [0.25, 0.3) is 0 Å². The van der Waals surface area contributed by atoms with Crippen LogP contribution in [-0.4, -0.2) is 22.2 Å². The number of rotatable bonds is 5. The fourth-order valence-corrected chi connectivity index (χ4v) is 1.29. The maximum absolute atomic E-state index is 10.8. The van der Waals surface area contributed by atoms with Gasteiger partial charge < -0.3 is 10.2 Å². The number of benzene rings is 1. The van der Waals surface area contributed by atoms with Gasteiger partial charge in [-0.15, -0.1) is 4.91 Å². The van der Waals surface area contributed by atoms with E-state index in [9.17, 15) is 14.5 Å². The summed E-state index contributed by atoms with van der Waals surface area (Å²) in [5.41, 5.74) is 0.505. The molecule has 0 amide bonds. The first-order valence-electron chi connectivity index (χ1n) is 4.42. The number of nitrogens with zero attached hydrogens (tertiary/aromatic N) is 1. The van der Waals surface area contributed by atoms with Crippen LogP contribution >= 0.6 is 0 Å². The minimum Gasteiger partial charge on any atom is -0.481 e. The lowest BCUT2D eigenvalue weighted by atomic mass is 9.96. The fraction of sp³-hybridized carbons (Fsp3) is 0.200. The van der Waals surface area contributed by atoms with Crippen molar-refractivity contribution >= 4 is 17.6 Å². The summed E-state index contributed by atoms with van der Waals surface area (Å²) in [5, 5.41) is 20.1. The maximum Gasteiger partial charge on any atom is 0.311 e. The highest BCUT2D eigenvalue weighted by molar-refractivity contribution is 5.82. The first kappa shape index (κ1) is 11.8. The van der Waals surface area contributed by atoms with Crippen molar-refractivity contribution in [3.05, 3.63) is 34.7 Å². The molecule has 0 aliphatic rings. The van der Waals surface area contributed by atoms with Crippen molar-refractivity contribution in [2.45, 2.75) is 12.3 Å². The third-order valence-corrected chi connectivity index (χ3v) is 2.08. The van der Waals surface area contributed by atoms with Crippen molar-refractivity contribution in [2.75, 3.05) is 0 Å². The van der Waals surface area contributed by atoms with Crippen molar-refractivity contribution in [1.29, 1.82) is 0 Å². The second-order valence-corrected chi connectivity index (χ2v) is 3.17. The molecule has 1 unspecified atom stereocenters. The topological polar surface area (TPSA) is 104 Å².